The van der Waals surface area contributed by atoms with Crippen LogP contribution in [-0.4, -0.2) is 11.6 Å². The Labute approximate surface area is 129 Å². The van der Waals surface area contributed by atoms with Crippen molar-refractivity contribution in [2.45, 2.75) is 13.3 Å². The minimum Gasteiger partial charge on any atom is -0.289 e. The summed E-state index contributed by atoms with van der Waals surface area (Å²) >= 11 is 0. The number of Topliss-reactive ketones (excluding diaryl/α,β-unsaturated/α-hetero) is 2. The van der Waals surface area contributed by atoms with Gasteiger partial charge in [-0.2, -0.15) is 0 Å². The van der Waals surface area contributed by atoms with Gasteiger partial charge in [-0.05, 0) is 25.0 Å². The van der Waals surface area contributed by atoms with Gasteiger partial charge in [0.05, 0.1) is 0 Å². The van der Waals surface area contributed by atoms with E-state index in [1.807, 2.05) is 43.3 Å². The molecule has 0 amide bonds. The summed E-state index contributed by atoms with van der Waals surface area (Å²) in [6, 6.07) is 14.8. The highest BCUT2D eigenvalue weighted by Crippen LogP contribution is 2.34. The standard InChI is InChI=1S/C20H16O2/c1-3-7-16-18(14-8-5-4-6-9-14)20(22)15-11-10-13(2)12-17(15)19(16)21/h3-6,8-12H,1,7H2,2H3. The van der Waals surface area contributed by atoms with Crippen molar-refractivity contribution in [3.8, 4) is 0 Å². The van der Waals surface area contributed by atoms with Gasteiger partial charge < -0.3 is 0 Å². The molecule has 2 nitrogen and oxygen atoms in total. The lowest BCUT2D eigenvalue weighted by Gasteiger charge is -2.21. The van der Waals surface area contributed by atoms with Crippen molar-refractivity contribution in [3.63, 3.8) is 0 Å². The van der Waals surface area contributed by atoms with Crippen molar-refractivity contribution in [3.05, 3.63) is 89.0 Å². The minimum absolute atomic E-state index is 0.0722. The Morgan fingerprint density at radius 2 is 1.68 bits per heavy atom. The molecule has 2 aromatic carbocycles. The predicted octanol–water partition coefficient (Wildman–Crippen LogP) is 4.40. The average molecular weight is 288 g/mol. The van der Waals surface area contributed by atoms with Gasteiger partial charge in [0.25, 0.3) is 0 Å². The van der Waals surface area contributed by atoms with Crippen LogP contribution in [0.25, 0.3) is 5.57 Å². The number of aryl methyl sites for hydroxylation is 1. The molecule has 0 heterocycles. The molecule has 0 atom stereocenters. The fourth-order valence-electron chi connectivity index (χ4n) is 2.84. The predicted molar refractivity (Wildman–Crippen MR) is 88.0 cm³/mol. The minimum atomic E-state index is -0.0855. The first kappa shape index (κ1) is 14.2. The van der Waals surface area contributed by atoms with Gasteiger partial charge in [0.15, 0.2) is 11.6 Å². The lowest BCUT2D eigenvalue weighted by molar-refractivity contribution is 0.0990. The molecule has 2 heteroatoms. The maximum Gasteiger partial charge on any atom is 0.194 e. The summed E-state index contributed by atoms with van der Waals surface area (Å²) in [5.41, 5.74) is 3.78. The second kappa shape index (κ2) is 5.57. The number of fused-ring (bicyclic) bond motifs is 1. The molecule has 0 unspecified atom stereocenters. The third kappa shape index (κ3) is 2.23. The third-order valence-electron chi connectivity index (χ3n) is 3.88. The second-order valence-corrected chi connectivity index (χ2v) is 5.42. The van der Waals surface area contributed by atoms with Crippen LogP contribution in [-0.2, 0) is 0 Å². The zero-order valence-electron chi connectivity index (χ0n) is 12.4. The summed E-state index contributed by atoms with van der Waals surface area (Å²) in [5, 5.41) is 0. The van der Waals surface area contributed by atoms with E-state index in [4.69, 9.17) is 0 Å². The summed E-state index contributed by atoms with van der Waals surface area (Å²) < 4.78 is 0. The molecule has 0 N–H and O–H groups in total. The Balaban J connectivity index is 2.27. The van der Waals surface area contributed by atoms with E-state index in [-0.39, 0.29) is 11.6 Å². The number of carbonyl (C=O) groups excluding carboxylic acids is 2. The Bertz CT molecular complexity index is 811. The van der Waals surface area contributed by atoms with Crippen LogP contribution in [0, 0.1) is 6.92 Å². The summed E-state index contributed by atoms with van der Waals surface area (Å²) in [6.07, 6.45) is 2.06. The molecule has 0 aromatic heterocycles. The first-order chi connectivity index (χ1) is 10.6. The molecular formula is C20H16O2. The number of ketones is 2. The van der Waals surface area contributed by atoms with Gasteiger partial charge in [-0.25, -0.2) is 0 Å². The number of allylic oxidation sites excluding steroid dienone is 3. The summed E-state index contributed by atoms with van der Waals surface area (Å²) in [6.45, 7) is 5.64. The summed E-state index contributed by atoms with van der Waals surface area (Å²) in [5.74, 6) is -0.158. The van der Waals surface area contributed by atoms with Gasteiger partial charge in [-0.1, -0.05) is 54.1 Å². The Kier molecular flexibility index (Phi) is 3.60. The van der Waals surface area contributed by atoms with E-state index in [0.29, 0.717) is 28.7 Å². The zero-order valence-corrected chi connectivity index (χ0v) is 12.4. The molecule has 0 aliphatic heterocycles. The highest BCUT2D eigenvalue weighted by molar-refractivity contribution is 6.40. The molecule has 0 fully saturated rings. The molecule has 2 aromatic rings. The van der Waals surface area contributed by atoms with Crippen LogP contribution in [0.15, 0.2) is 66.8 Å². The van der Waals surface area contributed by atoms with E-state index in [1.165, 1.54) is 0 Å². The summed E-state index contributed by atoms with van der Waals surface area (Å²) in [7, 11) is 0. The van der Waals surface area contributed by atoms with E-state index in [2.05, 4.69) is 6.58 Å². The molecule has 108 valence electrons. The molecule has 0 spiro atoms. The molecule has 0 saturated carbocycles. The fraction of sp³-hybridized carbons (Fsp3) is 0.100. The lowest BCUT2D eigenvalue weighted by atomic mass is 9.79. The molecule has 3 rings (SSSR count). The van der Waals surface area contributed by atoms with E-state index in [0.717, 1.165) is 11.1 Å². The van der Waals surface area contributed by atoms with Crippen molar-refractivity contribution >= 4 is 17.1 Å². The Hall–Kier alpha value is -2.74. The number of hydrogen-bond donors (Lipinski definition) is 0. The largest absolute Gasteiger partial charge is 0.289 e. The van der Waals surface area contributed by atoms with Crippen molar-refractivity contribution in [1.82, 2.24) is 0 Å². The number of carbonyl (C=O) groups is 2. The van der Waals surface area contributed by atoms with Gasteiger partial charge in [0.2, 0.25) is 0 Å². The fourth-order valence-corrected chi connectivity index (χ4v) is 2.84. The zero-order chi connectivity index (χ0) is 15.7. The van der Waals surface area contributed by atoms with E-state index < -0.39 is 0 Å². The molecule has 1 aliphatic carbocycles. The van der Waals surface area contributed by atoms with Crippen molar-refractivity contribution in [2.24, 2.45) is 0 Å². The highest BCUT2D eigenvalue weighted by atomic mass is 16.1. The van der Waals surface area contributed by atoms with Gasteiger partial charge in [0, 0.05) is 22.3 Å². The quantitative estimate of drug-likeness (QED) is 0.784. The highest BCUT2D eigenvalue weighted by Gasteiger charge is 2.32. The summed E-state index contributed by atoms with van der Waals surface area (Å²) in [4.78, 5) is 25.7. The number of rotatable bonds is 3. The van der Waals surface area contributed by atoms with Crippen molar-refractivity contribution in [1.29, 1.82) is 0 Å². The molecule has 22 heavy (non-hydrogen) atoms. The van der Waals surface area contributed by atoms with Gasteiger partial charge >= 0.3 is 0 Å². The number of hydrogen-bond acceptors (Lipinski definition) is 2. The smallest absolute Gasteiger partial charge is 0.194 e. The van der Waals surface area contributed by atoms with Crippen LogP contribution < -0.4 is 0 Å². The van der Waals surface area contributed by atoms with Crippen LogP contribution in [0.1, 0.15) is 38.3 Å². The average Bonchev–Trinajstić information content (AvgIpc) is 2.53. The van der Waals surface area contributed by atoms with Crippen molar-refractivity contribution < 1.29 is 9.59 Å². The maximum atomic E-state index is 12.9. The molecule has 0 saturated heterocycles. The SMILES string of the molecule is C=CCC1=C(c2ccccc2)C(=O)c2ccc(C)cc2C1=O. The van der Waals surface area contributed by atoms with Crippen LogP contribution >= 0.6 is 0 Å². The molecular weight excluding hydrogens is 272 g/mol. The van der Waals surface area contributed by atoms with Gasteiger partial charge in [-0.3, -0.25) is 9.59 Å². The van der Waals surface area contributed by atoms with Crippen LogP contribution in [0.2, 0.25) is 0 Å². The van der Waals surface area contributed by atoms with E-state index in [1.54, 1.807) is 18.2 Å². The second-order valence-electron chi connectivity index (χ2n) is 5.42. The van der Waals surface area contributed by atoms with Crippen LogP contribution in [0.4, 0.5) is 0 Å². The lowest BCUT2D eigenvalue weighted by Crippen LogP contribution is -2.21. The normalized spacial score (nSPS) is 14.0. The van der Waals surface area contributed by atoms with Crippen molar-refractivity contribution in [2.75, 3.05) is 0 Å². The van der Waals surface area contributed by atoms with Gasteiger partial charge in [0.1, 0.15) is 0 Å². The topological polar surface area (TPSA) is 34.1 Å². The Morgan fingerprint density at radius 1 is 0.955 bits per heavy atom. The monoisotopic (exact) mass is 288 g/mol. The van der Waals surface area contributed by atoms with Crippen LogP contribution in [0.5, 0.6) is 0 Å². The van der Waals surface area contributed by atoms with E-state index in [9.17, 15) is 9.59 Å². The Morgan fingerprint density at radius 3 is 2.36 bits per heavy atom. The van der Waals surface area contributed by atoms with E-state index >= 15 is 0 Å². The molecule has 0 bridgehead atoms. The van der Waals surface area contributed by atoms with Crippen LogP contribution in [0.3, 0.4) is 0 Å². The maximum absolute atomic E-state index is 12.9. The van der Waals surface area contributed by atoms with Gasteiger partial charge in [-0.15, -0.1) is 6.58 Å². The molecule has 0 radical (unpaired) electrons. The first-order valence-electron chi connectivity index (χ1n) is 7.23. The molecule has 1 aliphatic rings. The number of benzene rings is 2. The third-order valence-corrected chi connectivity index (χ3v) is 3.88. The first-order valence-corrected chi connectivity index (χ1v) is 7.23.